The molecular formula is C16H34N2O2. The Bertz CT molecular complexity index is 227. The maximum atomic E-state index is 5.27. The van der Waals surface area contributed by atoms with E-state index in [0.717, 1.165) is 39.3 Å². The van der Waals surface area contributed by atoms with Crippen LogP contribution in [0.1, 0.15) is 45.4 Å². The van der Waals surface area contributed by atoms with Crippen molar-refractivity contribution >= 4 is 0 Å². The van der Waals surface area contributed by atoms with Gasteiger partial charge >= 0.3 is 0 Å². The number of rotatable bonds is 11. The van der Waals surface area contributed by atoms with Crippen LogP contribution in [0.2, 0.25) is 0 Å². The van der Waals surface area contributed by atoms with E-state index in [2.05, 4.69) is 17.1 Å². The van der Waals surface area contributed by atoms with E-state index >= 15 is 0 Å². The molecule has 1 aliphatic carbocycles. The second kappa shape index (κ2) is 11.5. The largest absolute Gasteiger partial charge is 0.385 e. The fourth-order valence-electron chi connectivity index (χ4n) is 3.13. The van der Waals surface area contributed by atoms with Gasteiger partial charge in [0.1, 0.15) is 0 Å². The van der Waals surface area contributed by atoms with E-state index < -0.39 is 0 Å². The van der Waals surface area contributed by atoms with Crippen molar-refractivity contribution in [2.45, 2.75) is 57.5 Å². The minimum Gasteiger partial charge on any atom is -0.385 e. The third-order valence-electron chi connectivity index (χ3n) is 4.22. The summed E-state index contributed by atoms with van der Waals surface area (Å²) in [4.78, 5) is 2.61. The average Bonchev–Trinajstić information content (AvgIpc) is 2.49. The maximum absolute atomic E-state index is 5.27. The first-order valence-electron chi connectivity index (χ1n) is 8.27. The highest BCUT2D eigenvalue weighted by atomic mass is 16.5. The van der Waals surface area contributed by atoms with Gasteiger partial charge in [0, 0.05) is 46.0 Å². The molecule has 0 bridgehead atoms. The lowest BCUT2D eigenvalue weighted by Gasteiger charge is -2.38. The van der Waals surface area contributed by atoms with E-state index in [-0.39, 0.29) is 0 Å². The lowest BCUT2D eigenvalue weighted by Crippen LogP contribution is -2.46. The SMILES string of the molecule is CCCNC1CCCC(N(CCCOC)CCOC)C1. The average molecular weight is 286 g/mol. The second-order valence-corrected chi connectivity index (χ2v) is 5.85. The fourth-order valence-corrected chi connectivity index (χ4v) is 3.13. The second-order valence-electron chi connectivity index (χ2n) is 5.85. The Morgan fingerprint density at radius 1 is 1.10 bits per heavy atom. The van der Waals surface area contributed by atoms with Crippen LogP contribution in [0.3, 0.4) is 0 Å². The van der Waals surface area contributed by atoms with Gasteiger partial charge < -0.3 is 14.8 Å². The summed E-state index contributed by atoms with van der Waals surface area (Å²) in [5.41, 5.74) is 0. The molecule has 120 valence electrons. The Labute approximate surface area is 125 Å². The van der Waals surface area contributed by atoms with Crippen LogP contribution in [0, 0.1) is 0 Å². The van der Waals surface area contributed by atoms with Crippen molar-refractivity contribution in [3.8, 4) is 0 Å². The van der Waals surface area contributed by atoms with Crippen LogP contribution < -0.4 is 5.32 Å². The lowest BCUT2D eigenvalue weighted by molar-refractivity contribution is 0.0841. The van der Waals surface area contributed by atoms with Gasteiger partial charge in [0.25, 0.3) is 0 Å². The zero-order chi connectivity index (χ0) is 14.6. The van der Waals surface area contributed by atoms with Crippen LogP contribution in [0.4, 0.5) is 0 Å². The normalized spacial score (nSPS) is 23.4. The summed E-state index contributed by atoms with van der Waals surface area (Å²) in [6.07, 6.45) is 7.65. The lowest BCUT2D eigenvalue weighted by atomic mass is 9.89. The standard InChI is InChI=1S/C16H34N2O2/c1-4-9-17-15-7-5-8-16(14-15)18(11-13-20-3)10-6-12-19-2/h15-17H,4-14H2,1-3H3. The van der Waals surface area contributed by atoms with Crippen LogP contribution in [0.15, 0.2) is 0 Å². The van der Waals surface area contributed by atoms with Crippen LogP contribution in [0.25, 0.3) is 0 Å². The van der Waals surface area contributed by atoms with E-state index in [0.29, 0.717) is 12.1 Å². The molecule has 2 unspecified atom stereocenters. The molecule has 0 spiro atoms. The van der Waals surface area contributed by atoms with Gasteiger partial charge in [-0.25, -0.2) is 0 Å². The third kappa shape index (κ3) is 7.02. The van der Waals surface area contributed by atoms with Crippen molar-refractivity contribution in [1.29, 1.82) is 0 Å². The molecule has 2 atom stereocenters. The summed E-state index contributed by atoms with van der Waals surface area (Å²) in [6, 6.07) is 1.42. The van der Waals surface area contributed by atoms with Crippen molar-refractivity contribution in [1.82, 2.24) is 10.2 Å². The Kier molecular flexibility index (Phi) is 10.3. The molecule has 20 heavy (non-hydrogen) atoms. The molecule has 4 nitrogen and oxygen atoms in total. The van der Waals surface area contributed by atoms with Gasteiger partial charge in [-0.1, -0.05) is 13.3 Å². The molecular weight excluding hydrogens is 252 g/mol. The molecule has 0 amide bonds. The molecule has 0 aliphatic heterocycles. The molecule has 0 saturated heterocycles. The van der Waals surface area contributed by atoms with E-state index in [1.807, 2.05) is 0 Å². The highest BCUT2D eigenvalue weighted by Gasteiger charge is 2.25. The van der Waals surface area contributed by atoms with Gasteiger partial charge in [-0.3, -0.25) is 4.90 Å². The molecule has 0 aromatic carbocycles. The van der Waals surface area contributed by atoms with Crippen LogP contribution in [-0.4, -0.2) is 64.1 Å². The molecule has 1 aliphatic rings. The van der Waals surface area contributed by atoms with E-state index in [1.165, 1.54) is 32.1 Å². The molecule has 4 heteroatoms. The molecule has 0 heterocycles. The Morgan fingerprint density at radius 3 is 2.60 bits per heavy atom. The topological polar surface area (TPSA) is 33.7 Å². The minimum absolute atomic E-state index is 0.709. The van der Waals surface area contributed by atoms with Crippen molar-refractivity contribution < 1.29 is 9.47 Å². The molecule has 1 fully saturated rings. The number of nitrogens with one attached hydrogen (secondary N) is 1. The first kappa shape index (κ1) is 17.9. The van der Waals surface area contributed by atoms with Crippen molar-refractivity contribution in [3.05, 3.63) is 0 Å². The highest BCUT2D eigenvalue weighted by Crippen LogP contribution is 2.23. The van der Waals surface area contributed by atoms with Crippen molar-refractivity contribution in [3.63, 3.8) is 0 Å². The first-order valence-corrected chi connectivity index (χ1v) is 8.27. The zero-order valence-corrected chi connectivity index (χ0v) is 13.7. The molecule has 1 N–H and O–H groups in total. The monoisotopic (exact) mass is 286 g/mol. The maximum Gasteiger partial charge on any atom is 0.0589 e. The number of methoxy groups -OCH3 is 2. The van der Waals surface area contributed by atoms with Gasteiger partial charge in [0.2, 0.25) is 0 Å². The van der Waals surface area contributed by atoms with Crippen LogP contribution in [0.5, 0.6) is 0 Å². The van der Waals surface area contributed by atoms with Crippen molar-refractivity contribution in [2.24, 2.45) is 0 Å². The van der Waals surface area contributed by atoms with Gasteiger partial charge in [-0.2, -0.15) is 0 Å². The molecule has 0 aromatic heterocycles. The van der Waals surface area contributed by atoms with E-state index in [9.17, 15) is 0 Å². The molecule has 1 rings (SSSR count). The Hall–Kier alpha value is -0.160. The summed E-state index contributed by atoms with van der Waals surface area (Å²) in [5, 5.41) is 3.70. The highest BCUT2D eigenvalue weighted by molar-refractivity contribution is 4.84. The van der Waals surface area contributed by atoms with Crippen molar-refractivity contribution in [2.75, 3.05) is 47.1 Å². The number of hydrogen-bond donors (Lipinski definition) is 1. The summed E-state index contributed by atoms with van der Waals surface area (Å²) in [6.45, 7) is 7.25. The molecule has 0 aromatic rings. The Morgan fingerprint density at radius 2 is 1.90 bits per heavy atom. The predicted molar refractivity (Wildman–Crippen MR) is 84.3 cm³/mol. The van der Waals surface area contributed by atoms with Gasteiger partial charge in [-0.05, 0) is 38.6 Å². The van der Waals surface area contributed by atoms with Crippen LogP contribution in [-0.2, 0) is 9.47 Å². The molecule has 0 radical (unpaired) electrons. The number of hydrogen-bond acceptors (Lipinski definition) is 4. The summed E-state index contributed by atoms with van der Waals surface area (Å²) >= 11 is 0. The van der Waals surface area contributed by atoms with E-state index in [1.54, 1.807) is 14.2 Å². The summed E-state index contributed by atoms with van der Waals surface area (Å²) in [5.74, 6) is 0. The predicted octanol–water partition coefficient (Wildman–Crippen LogP) is 2.28. The number of nitrogens with zero attached hydrogens (tertiary/aromatic N) is 1. The quantitative estimate of drug-likeness (QED) is 0.591. The smallest absolute Gasteiger partial charge is 0.0589 e. The first-order chi connectivity index (χ1) is 9.81. The minimum atomic E-state index is 0.709. The summed E-state index contributed by atoms with van der Waals surface area (Å²) in [7, 11) is 3.57. The van der Waals surface area contributed by atoms with Gasteiger partial charge in [0.05, 0.1) is 6.61 Å². The summed E-state index contributed by atoms with van der Waals surface area (Å²) < 4.78 is 10.5. The third-order valence-corrected chi connectivity index (χ3v) is 4.22. The van der Waals surface area contributed by atoms with Crippen LogP contribution >= 0.6 is 0 Å². The van der Waals surface area contributed by atoms with Gasteiger partial charge in [-0.15, -0.1) is 0 Å². The fraction of sp³-hybridized carbons (Fsp3) is 1.00. The number of ether oxygens (including phenoxy) is 2. The van der Waals surface area contributed by atoms with Gasteiger partial charge in [0.15, 0.2) is 0 Å². The Balaban J connectivity index is 2.41. The molecule has 1 saturated carbocycles. The van der Waals surface area contributed by atoms with E-state index in [4.69, 9.17) is 9.47 Å². The zero-order valence-electron chi connectivity index (χ0n) is 13.7.